The average molecular weight is 439 g/mol. The lowest BCUT2D eigenvalue weighted by molar-refractivity contribution is -0.128. The third-order valence-corrected chi connectivity index (χ3v) is 6.92. The quantitative estimate of drug-likeness (QED) is 0.424. The van der Waals surface area contributed by atoms with Crippen LogP contribution in [-0.4, -0.2) is 22.5 Å². The molecule has 1 aliphatic rings. The lowest BCUT2D eigenvalue weighted by atomic mass is 10.1. The Morgan fingerprint density at radius 1 is 0.875 bits per heavy atom. The number of nitrogens with one attached hydrogen (secondary N) is 1. The first kappa shape index (κ1) is 20.3. The number of carbonyl (C=O) groups excluding carboxylic acids is 2. The third kappa shape index (κ3) is 4.12. The monoisotopic (exact) mass is 438 g/mol. The SMILES string of the molecule is O=C(Nc1cccc2ccccc12)c1ccc([C@H]2SCC(=O)N2Cc2ccccc2)cc1. The van der Waals surface area contributed by atoms with Gasteiger partial charge in [0.2, 0.25) is 5.91 Å². The van der Waals surface area contributed by atoms with Crippen LogP contribution in [0.25, 0.3) is 10.8 Å². The third-order valence-electron chi connectivity index (χ3n) is 5.66. The molecule has 4 nitrogen and oxygen atoms in total. The lowest BCUT2D eigenvalue weighted by Crippen LogP contribution is -2.27. The number of hydrogen-bond donors (Lipinski definition) is 1. The van der Waals surface area contributed by atoms with Gasteiger partial charge in [0.25, 0.3) is 5.91 Å². The van der Waals surface area contributed by atoms with Crippen LogP contribution in [0, 0.1) is 0 Å². The fraction of sp³-hybridized carbons (Fsp3) is 0.111. The van der Waals surface area contributed by atoms with Crippen molar-refractivity contribution in [2.45, 2.75) is 11.9 Å². The Morgan fingerprint density at radius 3 is 2.41 bits per heavy atom. The Kier molecular flexibility index (Phi) is 5.65. The lowest BCUT2D eigenvalue weighted by Gasteiger charge is -2.24. The highest BCUT2D eigenvalue weighted by Crippen LogP contribution is 2.39. The van der Waals surface area contributed by atoms with E-state index < -0.39 is 0 Å². The number of rotatable bonds is 5. The number of nitrogens with zero attached hydrogens (tertiary/aromatic N) is 1. The van der Waals surface area contributed by atoms with Crippen LogP contribution in [0.3, 0.4) is 0 Å². The molecule has 0 spiro atoms. The van der Waals surface area contributed by atoms with Gasteiger partial charge in [-0.25, -0.2) is 0 Å². The van der Waals surface area contributed by atoms with Gasteiger partial charge >= 0.3 is 0 Å². The summed E-state index contributed by atoms with van der Waals surface area (Å²) >= 11 is 1.63. The molecule has 32 heavy (non-hydrogen) atoms. The summed E-state index contributed by atoms with van der Waals surface area (Å²) in [6, 6.07) is 31.5. The molecule has 1 heterocycles. The summed E-state index contributed by atoms with van der Waals surface area (Å²) in [6.45, 7) is 0.584. The Labute approximate surface area is 191 Å². The predicted molar refractivity (Wildman–Crippen MR) is 131 cm³/mol. The highest BCUT2D eigenvalue weighted by Gasteiger charge is 2.32. The van der Waals surface area contributed by atoms with Gasteiger partial charge in [-0.2, -0.15) is 0 Å². The van der Waals surface area contributed by atoms with Crippen molar-refractivity contribution >= 4 is 40.0 Å². The number of benzene rings is 4. The molecule has 5 rings (SSSR count). The standard InChI is InChI=1S/C27H22N2O2S/c30-25-18-32-27(29(25)17-19-7-2-1-3-8-19)22-15-13-21(14-16-22)26(31)28-24-12-6-10-20-9-4-5-11-23(20)24/h1-16,27H,17-18H2,(H,28,31)/t27-/m1/s1. The van der Waals surface area contributed by atoms with Crippen LogP contribution < -0.4 is 5.32 Å². The number of hydrogen-bond acceptors (Lipinski definition) is 3. The smallest absolute Gasteiger partial charge is 0.255 e. The van der Waals surface area contributed by atoms with Gasteiger partial charge in [0.05, 0.1) is 5.75 Å². The molecule has 0 aliphatic carbocycles. The summed E-state index contributed by atoms with van der Waals surface area (Å²) in [5, 5.41) is 5.08. The molecule has 158 valence electrons. The molecule has 5 heteroatoms. The van der Waals surface area contributed by atoms with Crippen LogP contribution in [0.1, 0.15) is 26.9 Å². The Morgan fingerprint density at radius 2 is 1.59 bits per heavy atom. The van der Waals surface area contributed by atoms with Gasteiger partial charge in [0.15, 0.2) is 0 Å². The molecule has 1 N–H and O–H groups in total. The van der Waals surface area contributed by atoms with Crippen LogP contribution in [0.4, 0.5) is 5.69 Å². The minimum Gasteiger partial charge on any atom is -0.322 e. The fourth-order valence-corrected chi connectivity index (χ4v) is 5.20. The van der Waals surface area contributed by atoms with Crippen molar-refractivity contribution in [1.82, 2.24) is 4.90 Å². The molecule has 1 saturated heterocycles. The van der Waals surface area contributed by atoms with E-state index in [4.69, 9.17) is 0 Å². The zero-order valence-electron chi connectivity index (χ0n) is 17.4. The molecule has 0 radical (unpaired) electrons. The topological polar surface area (TPSA) is 49.4 Å². The van der Waals surface area contributed by atoms with Crippen LogP contribution >= 0.6 is 11.8 Å². The summed E-state index contributed by atoms with van der Waals surface area (Å²) in [6.07, 6.45) is 0. The number of carbonyl (C=O) groups is 2. The van der Waals surface area contributed by atoms with Crippen molar-refractivity contribution in [3.63, 3.8) is 0 Å². The molecule has 0 aromatic heterocycles. The molecule has 1 fully saturated rings. The Balaban J connectivity index is 1.33. The summed E-state index contributed by atoms with van der Waals surface area (Å²) in [5.41, 5.74) is 3.52. The van der Waals surface area contributed by atoms with Crippen LogP contribution in [0.15, 0.2) is 97.1 Å². The molecule has 4 aromatic rings. The molecular formula is C27H22N2O2S. The van der Waals surface area contributed by atoms with Gasteiger partial charge in [0.1, 0.15) is 5.37 Å². The van der Waals surface area contributed by atoms with Crippen LogP contribution in [0.5, 0.6) is 0 Å². The second kappa shape index (κ2) is 8.89. The zero-order valence-corrected chi connectivity index (χ0v) is 18.2. The van der Waals surface area contributed by atoms with Crippen molar-refractivity contribution in [3.8, 4) is 0 Å². The van der Waals surface area contributed by atoms with E-state index in [9.17, 15) is 9.59 Å². The van der Waals surface area contributed by atoms with E-state index in [0.717, 1.165) is 27.6 Å². The molecule has 2 amide bonds. The second-order valence-electron chi connectivity index (χ2n) is 7.77. The predicted octanol–water partition coefficient (Wildman–Crippen LogP) is 5.87. The average Bonchev–Trinajstić information content (AvgIpc) is 3.20. The molecular weight excluding hydrogens is 416 g/mol. The maximum atomic E-state index is 12.9. The Bertz CT molecular complexity index is 1270. The first-order chi connectivity index (χ1) is 15.7. The highest BCUT2D eigenvalue weighted by atomic mass is 32.2. The largest absolute Gasteiger partial charge is 0.322 e. The number of amides is 2. The van der Waals surface area contributed by atoms with Gasteiger partial charge in [-0.1, -0.05) is 78.9 Å². The van der Waals surface area contributed by atoms with E-state index in [0.29, 0.717) is 17.9 Å². The number of anilines is 1. The van der Waals surface area contributed by atoms with Crippen molar-refractivity contribution in [2.24, 2.45) is 0 Å². The Hall–Kier alpha value is -3.57. The van der Waals surface area contributed by atoms with Gasteiger partial charge in [-0.05, 0) is 34.7 Å². The van der Waals surface area contributed by atoms with Gasteiger partial charge in [0, 0.05) is 23.2 Å². The number of fused-ring (bicyclic) bond motifs is 1. The van der Waals surface area contributed by atoms with Gasteiger partial charge in [-0.3, -0.25) is 9.59 Å². The van der Waals surface area contributed by atoms with Crippen LogP contribution in [-0.2, 0) is 11.3 Å². The maximum absolute atomic E-state index is 12.9. The summed E-state index contributed by atoms with van der Waals surface area (Å²) in [7, 11) is 0. The van der Waals surface area contributed by atoms with E-state index in [-0.39, 0.29) is 17.2 Å². The zero-order chi connectivity index (χ0) is 21.9. The molecule has 0 bridgehead atoms. The normalized spacial score (nSPS) is 15.8. The highest BCUT2D eigenvalue weighted by molar-refractivity contribution is 8.00. The van der Waals surface area contributed by atoms with Crippen molar-refractivity contribution < 1.29 is 9.59 Å². The first-order valence-corrected chi connectivity index (χ1v) is 11.6. The molecule has 1 aliphatic heterocycles. The van der Waals surface area contributed by atoms with E-state index in [1.165, 1.54) is 0 Å². The van der Waals surface area contributed by atoms with Gasteiger partial charge in [-0.15, -0.1) is 11.8 Å². The van der Waals surface area contributed by atoms with Crippen LogP contribution in [0.2, 0.25) is 0 Å². The van der Waals surface area contributed by atoms with E-state index in [2.05, 4.69) is 5.32 Å². The number of thioether (sulfide) groups is 1. The molecule has 0 unspecified atom stereocenters. The van der Waals surface area contributed by atoms with Crippen molar-refractivity contribution in [2.75, 3.05) is 11.1 Å². The fourth-order valence-electron chi connectivity index (χ4n) is 4.01. The summed E-state index contributed by atoms with van der Waals surface area (Å²) in [4.78, 5) is 27.3. The van der Waals surface area contributed by atoms with E-state index in [1.807, 2.05) is 102 Å². The summed E-state index contributed by atoms with van der Waals surface area (Å²) < 4.78 is 0. The molecule has 4 aromatic carbocycles. The van der Waals surface area contributed by atoms with Gasteiger partial charge < -0.3 is 10.2 Å². The van der Waals surface area contributed by atoms with E-state index in [1.54, 1.807) is 11.8 Å². The minimum absolute atomic E-state index is 0.0436. The second-order valence-corrected chi connectivity index (χ2v) is 8.84. The van der Waals surface area contributed by atoms with Crippen molar-refractivity contribution in [3.05, 3.63) is 114 Å². The molecule has 1 atom stereocenters. The van der Waals surface area contributed by atoms with Crippen molar-refractivity contribution in [1.29, 1.82) is 0 Å². The maximum Gasteiger partial charge on any atom is 0.255 e. The van der Waals surface area contributed by atoms with E-state index >= 15 is 0 Å². The summed E-state index contributed by atoms with van der Waals surface area (Å²) in [5.74, 6) is 0.465. The molecule has 0 saturated carbocycles. The first-order valence-electron chi connectivity index (χ1n) is 10.5. The minimum atomic E-state index is -0.149.